The number of hydrogen-bond acceptors (Lipinski definition) is 5. The molecule has 0 N–H and O–H groups in total. The molecule has 0 atom stereocenters. The molecular weight excluding hydrogens is 520 g/mol. The van der Waals surface area contributed by atoms with Crippen LogP contribution in [0.25, 0.3) is 10.2 Å². The first kappa shape index (κ1) is 25.4. The maximum Gasteiger partial charge on any atom is 0.279 e. The van der Waals surface area contributed by atoms with Gasteiger partial charge in [-0.05, 0) is 47.9 Å². The number of methoxy groups -OCH3 is 1. The van der Waals surface area contributed by atoms with E-state index < -0.39 is 27.6 Å². The molecule has 0 bridgehead atoms. The predicted molar refractivity (Wildman–Crippen MR) is 136 cm³/mol. The Balaban J connectivity index is 1.43. The fraction of sp³-hybridized carbons (Fsp3) is 0.231. The van der Waals surface area contributed by atoms with Gasteiger partial charge in [0, 0.05) is 38.4 Å². The number of carbonyl (C=O) groups excluding carboxylic acids is 1. The molecule has 4 aromatic rings. The van der Waals surface area contributed by atoms with Gasteiger partial charge in [-0.25, -0.2) is 17.2 Å². The summed E-state index contributed by atoms with van der Waals surface area (Å²) >= 11 is 0.984. The molecule has 37 heavy (non-hydrogen) atoms. The van der Waals surface area contributed by atoms with Gasteiger partial charge in [-0.2, -0.15) is 9.30 Å². The molecule has 192 valence electrons. The Morgan fingerprint density at radius 2 is 1.81 bits per heavy atom. The van der Waals surface area contributed by atoms with Gasteiger partial charge in [-0.15, -0.1) is 0 Å². The molecule has 5 rings (SSSR count). The van der Waals surface area contributed by atoms with Gasteiger partial charge in [0.2, 0.25) is 10.0 Å². The zero-order chi connectivity index (χ0) is 26.2. The van der Waals surface area contributed by atoms with Crippen LogP contribution in [-0.2, 0) is 34.3 Å². The first-order chi connectivity index (χ1) is 17.8. The number of carbonyl (C=O) groups is 1. The van der Waals surface area contributed by atoms with Crippen molar-refractivity contribution in [3.63, 3.8) is 0 Å². The number of rotatable bonds is 6. The van der Waals surface area contributed by atoms with Crippen LogP contribution >= 0.6 is 11.3 Å². The van der Waals surface area contributed by atoms with Crippen LogP contribution in [0.5, 0.6) is 0 Å². The van der Waals surface area contributed by atoms with Crippen LogP contribution in [-0.4, -0.2) is 43.5 Å². The maximum atomic E-state index is 14.5. The van der Waals surface area contributed by atoms with Crippen molar-refractivity contribution in [1.82, 2.24) is 8.87 Å². The fourth-order valence-electron chi connectivity index (χ4n) is 4.35. The van der Waals surface area contributed by atoms with Crippen molar-refractivity contribution in [3.05, 3.63) is 93.8 Å². The van der Waals surface area contributed by atoms with Crippen LogP contribution < -0.4 is 4.80 Å². The van der Waals surface area contributed by atoms with E-state index in [9.17, 15) is 22.0 Å². The smallest absolute Gasteiger partial charge is 0.279 e. The summed E-state index contributed by atoms with van der Waals surface area (Å²) < 4.78 is 63.0. The Bertz CT molecular complexity index is 1660. The second-order valence-electron chi connectivity index (χ2n) is 8.56. The minimum absolute atomic E-state index is 0.0815. The van der Waals surface area contributed by atoms with E-state index in [1.165, 1.54) is 46.3 Å². The lowest BCUT2D eigenvalue weighted by molar-refractivity contribution is 0.0997. The molecule has 0 radical (unpaired) electrons. The highest BCUT2D eigenvalue weighted by Crippen LogP contribution is 2.26. The lowest BCUT2D eigenvalue weighted by Gasteiger charge is -2.28. The number of amides is 1. The van der Waals surface area contributed by atoms with Crippen molar-refractivity contribution in [2.45, 2.75) is 24.4 Å². The third-order valence-electron chi connectivity index (χ3n) is 6.25. The monoisotopic (exact) mass is 543 g/mol. The molecule has 0 saturated carbocycles. The molecule has 7 nitrogen and oxygen atoms in total. The number of thiazole rings is 1. The number of fused-ring (bicyclic) bond motifs is 2. The van der Waals surface area contributed by atoms with Gasteiger partial charge in [-0.1, -0.05) is 35.6 Å². The molecule has 0 aliphatic carbocycles. The Morgan fingerprint density at radius 3 is 2.54 bits per heavy atom. The number of sulfonamides is 1. The third kappa shape index (κ3) is 4.99. The SMILES string of the molecule is COCCn1c(=NC(=O)c2ccc(S(=O)(=O)N3CCc4ccccc4C3)cc2)sc2cc(F)cc(F)c21. The van der Waals surface area contributed by atoms with Crippen molar-refractivity contribution < 1.29 is 26.7 Å². The summed E-state index contributed by atoms with van der Waals surface area (Å²) in [6.45, 7) is 1.11. The van der Waals surface area contributed by atoms with Crippen LogP contribution in [0.2, 0.25) is 0 Å². The second kappa shape index (κ2) is 10.3. The lowest BCUT2D eigenvalue weighted by atomic mass is 10.0. The molecule has 0 saturated heterocycles. The Hall–Kier alpha value is -3.25. The number of halogens is 2. The zero-order valence-electron chi connectivity index (χ0n) is 19.9. The first-order valence-corrected chi connectivity index (χ1v) is 13.8. The fourth-order valence-corrected chi connectivity index (χ4v) is 6.86. The largest absolute Gasteiger partial charge is 0.383 e. The van der Waals surface area contributed by atoms with Crippen molar-refractivity contribution in [2.24, 2.45) is 4.99 Å². The van der Waals surface area contributed by atoms with Crippen LogP contribution in [0.4, 0.5) is 8.78 Å². The molecule has 0 spiro atoms. The van der Waals surface area contributed by atoms with Gasteiger partial charge in [0.15, 0.2) is 10.6 Å². The molecule has 0 fully saturated rings. The molecule has 2 heterocycles. The number of hydrogen-bond donors (Lipinski definition) is 0. The van der Waals surface area contributed by atoms with E-state index in [-0.39, 0.29) is 33.9 Å². The van der Waals surface area contributed by atoms with Gasteiger partial charge in [0.25, 0.3) is 5.91 Å². The minimum atomic E-state index is -3.75. The lowest BCUT2D eigenvalue weighted by Crippen LogP contribution is -2.35. The Labute approximate surface area is 216 Å². The third-order valence-corrected chi connectivity index (χ3v) is 9.13. The van der Waals surface area contributed by atoms with Crippen LogP contribution in [0.3, 0.4) is 0 Å². The van der Waals surface area contributed by atoms with Crippen LogP contribution in [0, 0.1) is 11.6 Å². The average molecular weight is 544 g/mol. The standard InChI is InChI=1S/C26H23F2N3O4S2/c1-35-13-12-31-24-22(28)14-20(27)15-23(24)36-26(31)29-25(32)18-6-8-21(9-7-18)37(33,34)30-11-10-17-4-2-3-5-19(17)16-30/h2-9,14-15H,10-13,16H2,1H3. The van der Waals surface area contributed by atoms with Crippen LogP contribution in [0.1, 0.15) is 21.5 Å². The molecule has 3 aromatic carbocycles. The summed E-state index contributed by atoms with van der Waals surface area (Å²) in [4.78, 5) is 17.3. The van der Waals surface area contributed by atoms with Crippen molar-refractivity contribution in [1.29, 1.82) is 0 Å². The quantitative estimate of drug-likeness (QED) is 0.367. The highest BCUT2D eigenvalue weighted by Gasteiger charge is 2.28. The second-order valence-corrected chi connectivity index (χ2v) is 11.5. The maximum absolute atomic E-state index is 14.5. The molecule has 11 heteroatoms. The van der Waals surface area contributed by atoms with Gasteiger partial charge in [0.05, 0.1) is 21.7 Å². The van der Waals surface area contributed by atoms with Crippen LogP contribution in [0.15, 0.2) is 70.6 Å². The van der Waals surface area contributed by atoms with E-state index in [1.807, 2.05) is 24.3 Å². The summed E-state index contributed by atoms with van der Waals surface area (Å²) in [5.74, 6) is -2.11. The van der Waals surface area contributed by atoms with E-state index in [1.54, 1.807) is 0 Å². The molecule has 1 aliphatic rings. The molecule has 1 amide bonds. The average Bonchev–Trinajstić information content (AvgIpc) is 3.23. The van der Waals surface area contributed by atoms with E-state index in [4.69, 9.17) is 4.74 Å². The van der Waals surface area contributed by atoms with Gasteiger partial charge < -0.3 is 9.30 Å². The number of aromatic nitrogens is 1. The summed E-state index contributed by atoms with van der Waals surface area (Å²) in [5.41, 5.74) is 2.43. The van der Waals surface area contributed by atoms with E-state index in [0.29, 0.717) is 24.2 Å². The number of nitrogens with zero attached hydrogens (tertiary/aromatic N) is 3. The van der Waals surface area contributed by atoms with E-state index in [0.717, 1.165) is 28.5 Å². The molecule has 1 aromatic heterocycles. The van der Waals surface area contributed by atoms with Crippen molar-refractivity contribution in [3.8, 4) is 0 Å². The van der Waals surface area contributed by atoms with Crippen molar-refractivity contribution >= 4 is 37.5 Å². The highest BCUT2D eigenvalue weighted by molar-refractivity contribution is 7.89. The van der Waals surface area contributed by atoms with Gasteiger partial charge >= 0.3 is 0 Å². The zero-order valence-corrected chi connectivity index (χ0v) is 21.5. The van der Waals surface area contributed by atoms with E-state index in [2.05, 4.69) is 4.99 Å². The molecular formula is C26H23F2N3O4S2. The van der Waals surface area contributed by atoms with E-state index >= 15 is 0 Å². The highest BCUT2D eigenvalue weighted by atomic mass is 32.2. The number of benzene rings is 3. The molecule has 0 unspecified atom stereocenters. The predicted octanol–water partition coefficient (Wildman–Crippen LogP) is 4.12. The Kier molecular flexibility index (Phi) is 7.04. The normalized spacial score (nSPS) is 14.7. The molecule has 1 aliphatic heterocycles. The Morgan fingerprint density at radius 1 is 1.08 bits per heavy atom. The minimum Gasteiger partial charge on any atom is -0.383 e. The topological polar surface area (TPSA) is 81.0 Å². The first-order valence-electron chi connectivity index (χ1n) is 11.5. The van der Waals surface area contributed by atoms with Gasteiger partial charge in [-0.3, -0.25) is 4.79 Å². The summed E-state index contributed by atoms with van der Waals surface area (Å²) in [6, 6.07) is 15.3. The number of ether oxygens (including phenoxy) is 1. The van der Waals surface area contributed by atoms with Gasteiger partial charge in [0.1, 0.15) is 5.82 Å². The summed E-state index contributed by atoms with van der Waals surface area (Å²) in [6.07, 6.45) is 0.633. The summed E-state index contributed by atoms with van der Waals surface area (Å²) in [5, 5.41) is 0. The van der Waals surface area contributed by atoms with Crippen molar-refractivity contribution in [2.75, 3.05) is 20.3 Å². The summed E-state index contributed by atoms with van der Waals surface area (Å²) in [7, 11) is -2.26.